The summed E-state index contributed by atoms with van der Waals surface area (Å²) >= 11 is 0. The Bertz CT molecular complexity index is 1110. The SMILES string of the molecule is Cc1ccc(-c2ccc(S(=O)(=O)N[C@@H](C(=O)O)C3CCN(C(=O)OC(C)(C)C)CC3)cc2)cc1. The molecule has 1 aliphatic heterocycles. The molecule has 1 fully saturated rings. The minimum absolute atomic E-state index is 0.000743. The van der Waals surface area contributed by atoms with Gasteiger partial charge in [-0.15, -0.1) is 0 Å². The number of rotatable bonds is 6. The maximum absolute atomic E-state index is 13.0. The standard InChI is InChI=1S/C25H32N2O6S/c1-17-5-7-18(8-6-17)19-9-11-21(12-10-19)34(31,32)26-22(23(28)29)20-13-15-27(16-14-20)24(30)33-25(2,3)4/h5-12,20,22,26H,13-16H2,1-4H3,(H,28,29)/t22-/m1/s1. The molecule has 0 aromatic heterocycles. The van der Waals surface area contributed by atoms with Crippen molar-refractivity contribution in [3.05, 3.63) is 54.1 Å². The number of carboxylic acid groups (broad SMARTS) is 1. The van der Waals surface area contributed by atoms with E-state index < -0.39 is 39.6 Å². The first kappa shape index (κ1) is 25.7. The summed E-state index contributed by atoms with van der Waals surface area (Å²) in [5.74, 6) is -1.69. The molecule has 8 nitrogen and oxygen atoms in total. The molecule has 1 atom stereocenters. The van der Waals surface area contributed by atoms with Crippen molar-refractivity contribution in [3.63, 3.8) is 0 Å². The smallest absolute Gasteiger partial charge is 0.410 e. The number of nitrogens with zero attached hydrogens (tertiary/aromatic N) is 1. The van der Waals surface area contributed by atoms with E-state index in [1.807, 2.05) is 31.2 Å². The van der Waals surface area contributed by atoms with Crippen LogP contribution in [-0.2, 0) is 19.6 Å². The van der Waals surface area contributed by atoms with Crippen LogP contribution in [0.25, 0.3) is 11.1 Å². The van der Waals surface area contributed by atoms with Crippen LogP contribution in [0, 0.1) is 12.8 Å². The highest BCUT2D eigenvalue weighted by atomic mass is 32.2. The summed E-state index contributed by atoms with van der Waals surface area (Å²) in [7, 11) is -4.05. The third kappa shape index (κ3) is 6.57. The molecular weight excluding hydrogens is 456 g/mol. The lowest BCUT2D eigenvalue weighted by atomic mass is 9.90. The maximum atomic E-state index is 13.0. The van der Waals surface area contributed by atoms with Crippen molar-refractivity contribution < 1.29 is 27.9 Å². The minimum Gasteiger partial charge on any atom is -0.480 e. The summed E-state index contributed by atoms with van der Waals surface area (Å²) in [4.78, 5) is 25.7. The largest absolute Gasteiger partial charge is 0.480 e. The quantitative estimate of drug-likeness (QED) is 0.635. The molecular formula is C25H32N2O6S. The van der Waals surface area contributed by atoms with Gasteiger partial charge in [-0.25, -0.2) is 13.2 Å². The van der Waals surface area contributed by atoms with Crippen molar-refractivity contribution in [1.82, 2.24) is 9.62 Å². The maximum Gasteiger partial charge on any atom is 0.410 e. The van der Waals surface area contributed by atoms with Gasteiger partial charge < -0.3 is 14.7 Å². The molecule has 0 radical (unpaired) electrons. The summed E-state index contributed by atoms with van der Waals surface area (Å²) in [6.45, 7) is 7.93. The van der Waals surface area contributed by atoms with Crippen LogP contribution < -0.4 is 4.72 Å². The molecule has 2 aromatic rings. The van der Waals surface area contributed by atoms with Gasteiger partial charge in [0.15, 0.2) is 0 Å². The third-order valence-electron chi connectivity index (χ3n) is 5.76. The molecule has 184 valence electrons. The van der Waals surface area contributed by atoms with Crippen molar-refractivity contribution >= 4 is 22.1 Å². The van der Waals surface area contributed by atoms with Gasteiger partial charge in [0.25, 0.3) is 0 Å². The Morgan fingerprint density at radius 1 is 1.00 bits per heavy atom. The van der Waals surface area contributed by atoms with Crippen molar-refractivity contribution in [2.45, 2.75) is 57.1 Å². The first-order valence-corrected chi connectivity index (χ1v) is 12.7. The van der Waals surface area contributed by atoms with E-state index >= 15 is 0 Å². The van der Waals surface area contributed by atoms with Crippen LogP contribution in [-0.4, -0.2) is 55.2 Å². The van der Waals surface area contributed by atoms with Crippen LogP contribution in [0.4, 0.5) is 4.79 Å². The highest BCUT2D eigenvalue weighted by Crippen LogP contribution is 2.25. The summed E-state index contributed by atoms with van der Waals surface area (Å²) < 4.78 is 33.6. The molecule has 0 aliphatic carbocycles. The molecule has 0 spiro atoms. The van der Waals surface area contributed by atoms with Crippen LogP contribution in [0.15, 0.2) is 53.4 Å². The number of aliphatic carboxylic acids is 1. The number of nitrogens with one attached hydrogen (secondary N) is 1. The molecule has 0 saturated carbocycles. The summed E-state index contributed by atoms with van der Waals surface area (Å²) in [5, 5.41) is 9.75. The molecule has 2 aromatic carbocycles. The highest BCUT2D eigenvalue weighted by Gasteiger charge is 2.36. The van der Waals surface area contributed by atoms with Crippen LogP contribution in [0.1, 0.15) is 39.2 Å². The molecule has 3 rings (SSSR count). The zero-order valence-corrected chi connectivity index (χ0v) is 20.8. The fourth-order valence-electron chi connectivity index (χ4n) is 3.90. The number of amides is 1. The molecule has 0 unspecified atom stereocenters. The number of carbonyl (C=O) groups excluding carboxylic acids is 1. The van der Waals surface area contributed by atoms with E-state index in [2.05, 4.69) is 4.72 Å². The predicted molar refractivity (Wildman–Crippen MR) is 129 cm³/mol. The van der Waals surface area contributed by atoms with Gasteiger partial charge in [0, 0.05) is 13.1 Å². The van der Waals surface area contributed by atoms with Crippen LogP contribution in [0.2, 0.25) is 0 Å². The van der Waals surface area contributed by atoms with Gasteiger partial charge in [0.05, 0.1) is 4.90 Å². The fraction of sp³-hybridized carbons (Fsp3) is 0.440. The first-order chi connectivity index (χ1) is 15.9. The number of hydrogen-bond donors (Lipinski definition) is 2. The number of piperidine rings is 1. The van der Waals surface area contributed by atoms with Crippen molar-refractivity contribution in [2.75, 3.05) is 13.1 Å². The number of hydrogen-bond acceptors (Lipinski definition) is 5. The van der Waals surface area contributed by atoms with E-state index in [-0.39, 0.29) is 4.90 Å². The number of carbonyl (C=O) groups is 2. The topological polar surface area (TPSA) is 113 Å². The zero-order valence-electron chi connectivity index (χ0n) is 19.9. The van der Waals surface area contributed by atoms with Gasteiger partial charge in [-0.05, 0) is 69.7 Å². The zero-order chi connectivity index (χ0) is 25.1. The number of carboxylic acids is 1. The third-order valence-corrected chi connectivity index (χ3v) is 7.22. The van der Waals surface area contributed by atoms with E-state index in [0.717, 1.165) is 16.7 Å². The van der Waals surface area contributed by atoms with E-state index in [1.54, 1.807) is 32.9 Å². The number of sulfonamides is 1. The summed E-state index contributed by atoms with van der Waals surface area (Å²) in [6.07, 6.45) is 0.253. The Labute approximate surface area is 201 Å². The Kier molecular flexibility index (Phi) is 7.67. The molecule has 1 aliphatic rings. The van der Waals surface area contributed by atoms with Gasteiger partial charge in [0.2, 0.25) is 10.0 Å². The van der Waals surface area contributed by atoms with Crippen molar-refractivity contribution in [2.24, 2.45) is 5.92 Å². The van der Waals surface area contributed by atoms with E-state index in [0.29, 0.717) is 25.9 Å². The Morgan fingerprint density at radius 3 is 1.97 bits per heavy atom. The normalized spacial score (nSPS) is 16.2. The predicted octanol–water partition coefficient (Wildman–Crippen LogP) is 4.04. The van der Waals surface area contributed by atoms with E-state index in [1.165, 1.54) is 17.0 Å². The lowest BCUT2D eigenvalue weighted by Gasteiger charge is -2.35. The Hall–Kier alpha value is -2.91. The average molecular weight is 489 g/mol. The van der Waals surface area contributed by atoms with Crippen molar-refractivity contribution in [1.29, 1.82) is 0 Å². The molecule has 9 heteroatoms. The van der Waals surface area contributed by atoms with E-state index in [9.17, 15) is 23.1 Å². The lowest BCUT2D eigenvalue weighted by Crippen LogP contribution is -2.50. The second kappa shape index (κ2) is 10.1. The number of benzene rings is 2. The van der Waals surface area contributed by atoms with Crippen molar-refractivity contribution in [3.8, 4) is 11.1 Å². The van der Waals surface area contributed by atoms with Crippen LogP contribution in [0.3, 0.4) is 0 Å². The first-order valence-electron chi connectivity index (χ1n) is 11.3. The van der Waals surface area contributed by atoms with Crippen LogP contribution in [0.5, 0.6) is 0 Å². The Morgan fingerprint density at radius 2 is 1.50 bits per heavy atom. The van der Waals surface area contributed by atoms with Gasteiger partial charge >= 0.3 is 12.1 Å². The minimum atomic E-state index is -4.05. The van der Waals surface area contributed by atoms with Gasteiger partial charge in [0.1, 0.15) is 11.6 Å². The van der Waals surface area contributed by atoms with Crippen LogP contribution >= 0.6 is 0 Å². The highest BCUT2D eigenvalue weighted by molar-refractivity contribution is 7.89. The Balaban J connectivity index is 1.67. The molecule has 34 heavy (non-hydrogen) atoms. The van der Waals surface area contributed by atoms with Gasteiger partial charge in [-0.3, -0.25) is 4.79 Å². The molecule has 1 amide bonds. The average Bonchev–Trinajstić information content (AvgIpc) is 2.77. The number of aryl methyl sites for hydroxylation is 1. The number of ether oxygens (including phenoxy) is 1. The van der Waals surface area contributed by atoms with Gasteiger partial charge in [-0.2, -0.15) is 4.72 Å². The molecule has 2 N–H and O–H groups in total. The monoisotopic (exact) mass is 488 g/mol. The second-order valence-electron chi connectivity index (χ2n) is 9.63. The molecule has 0 bridgehead atoms. The summed E-state index contributed by atoms with van der Waals surface area (Å²) in [5.41, 5.74) is 2.33. The fourth-order valence-corrected chi connectivity index (χ4v) is 5.16. The van der Waals surface area contributed by atoms with Gasteiger partial charge in [-0.1, -0.05) is 42.0 Å². The van der Waals surface area contributed by atoms with E-state index in [4.69, 9.17) is 4.74 Å². The lowest BCUT2D eigenvalue weighted by molar-refractivity contribution is -0.140. The molecule has 1 heterocycles. The number of likely N-dealkylation sites (tertiary alicyclic amines) is 1. The molecule has 1 saturated heterocycles. The summed E-state index contributed by atoms with van der Waals surface area (Å²) in [6, 6.07) is 12.9. The second-order valence-corrected chi connectivity index (χ2v) is 11.3.